The molecule has 0 radical (unpaired) electrons. The quantitative estimate of drug-likeness (QED) is 0.0626. The van der Waals surface area contributed by atoms with Crippen LogP contribution in [0, 0.1) is 5.41 Å². The average molecular weight is 900 g/mol. The Morgan fingerprint density at radius 2 is 1.71 bits per heavy atom. The highest BCUT2D eigenvalue weighted by molar-refractivity contribution is 7.97. The number of piperidine rings is 2. The summed E-state index contributed by atoms with van der Waals surface area (Å²) in [6.45, 7) is 6.26. The van der Waals surface area contributed by atoms with E-state index in [1.165, 1.54) is 18.5 Å². The number of pyridine rings is 2. The van der Waals surface area contributed by atoms with E-state index in [0.717, 1.165) is 49.7 Å². The summed E-state index contributed by atoms with van der Waals surface area (Å²) in [6.07, 6.45) is 6.03. The predicted molar refractivity (Wildman–Crippen MR) is 237 cm³/mol. The lowest BCUT2D eigenvalue weighted by atomic mass is 10.0. The fraction of sp³-hybridized carbons (Fsp3) is 0.349. The number of aromatic nitrogens is 2. The molecule has 4 aliphatic heterocycles. The molecule has 0 bridgehead atoms. The first-order chi connectivity index (χ1) is 29.9. The number of amides is 5. The summed E-state index contributed by atoms with van der Waals surface area (Å²) in [5.41, 5.74) is 9.36. The van der Waals surface area contributed by atoms with Gasteiger partial charge < -0.3 is 25.6 Å². The minimum atomic E-state index is -1.06. The zero-order chi connectivity index (χ0) is 43.7. The first-order valence-electron chi connectivity index (χ1n) is 20.3. The standard InChI is InChI=1S/C43H44Cl2N10O6S/c1-24(38-30(44)21-48-22-31(38)45)61-26-6-7-32(46)29(19-26)40(47)25-5-9-35(50-20-25)52-15-17-54(18-16-52)62-27-11-13-53(14-12-27)37(57)23-49-33-4-2-3-28-39(33)43(60)55(42(28)59)34-8-10-36(56)51-41(34)58/h2-7,9,19-22,24,27,34,47,49H,8,10-18,23,46H2,1H3,(H,51,56,58)/t24-,34?/m1/s1. The molecule has 322 valence electrons. The third-order valence-corrected chi connectivity index (χ3v) is 13.5. The van der Waals surface area contributed by atoms with Crippen LogP contribution in [0.3, 0.4) is 0 Å². The lowest BCUT2D eigenvalue weighted by Gasteiger charge is -2.38. The van der Waals surface area contributed by atoms with Crippen molar-refractivity contribution >= 4 is 87.6 Å². The summed E-state index contributed by atoms with van der Waals surface area (Å²) in [7, 11) is 0. The van der Waals surface area contributed by atoms with Crippen LogP contribution in [0.2, 0.25) is 10.0 Å². The number of nitrogens with one attached hydrogen (secondary N) is 3. The number of benzene rings is 2. The number of nitrogens with two attached hydrogens (primary N) is 1. The third-order valence-electron chi connectivity index (χ3n) is 11.5. The Kier molecular flexibility index (Phi) is 12.7. The first kappa shape index (κ1) is 42.9. The van der Waals surface area contributed by atoms with Gasteiger partial charge in [-0.1, -0.05) is 41.2 Å². The molecule has 4 aliphatic rings. The lowest BCUT2D eigenvalue weighted by Crippen LogP contribution is -2.54. The van der Waals surface area contributed by atoms with Crippen molar-refractivity contribution in [2.45, 2.75) is 50.0 Å². The van der Waals surface area contributed by atoms with Gasteiger partial charge in [-0.15, -0.1) is 0 Å². The van der Waals surface area contributed by atoms with Crippen molar-refractivity contribution in [2.75, 3.05) is 61.8 Å². The molecule has 3 saturated heterocycles. The van der Waals surface area contributed by atoms with Crippen LogP contribution in [0.4, 0.5) is 17.2 Å². The Bertz CT molecular complexity index is 2420. The molecule has 2 aromatic heterocycles. The molecule has 6 heterocycles. The molecule has 1 unspecified atom stereocenters. The highest BCUT2D eigenvalue weighted by atomic mass is 35.5. The van der Waals surface area contributed by atoms with Crippen molar-refractivity contribution in [2.24, 2.45) is 0 Å². The number of fused-ring (bicyclic) bond motifs is 1. The highest BCUT2D eigenvalue weighted by Gasteiger charge is 2.45. The number of nitrogen functional groups attached to an aromatic ring is 1. The second-order valence-electron chi connectivity index (χ2n) is 15.4. The molecule has 4 aromatic rings. The van der Waals surface area contributed by atoms with Gasteiger partial charge in [-0.3, -0.25) is 44.6 Å². The number of anilines is 3. The third kappa shape index (κ3) is 8.93. The number of ether oxygens (including phenoxy) is 1. The van der Waals surface area contributed by atoms with Gasteiger partial charge in [0, 0.05) is 97.6 Å². The van der Waals surface area contributed by atoms with Crippen molar-refractivity contribution in [3.05, 3.63) is 105 Å². The highest BCUT2D eigenvalue weighted by Crippen LogP contribution is 2.35. The van der Waals surface area contributed by atoms with E-state index in [1.807, 2.05) is 35.9 Å². The van der Waals surface area contributed by atoms with Crippen LogP contribution in [0.25, 0.3) is 0 Å². The van der Waals surface area contributed by atoms with Gasteiger partial charge >= 0.3 is 0 Å². The van der Waals surface area contributed by atoms with Crippen LogP contribution in [-0.4, -0.2) is 116 Å². The molecule has 2 atom stereocenters. The summed E-state index contributed by atoms with van der Waals surface area (Å²) in [6, 6.07) is 12.7. The number of hydrogen-bond donors (Lipinski definition) is 4. The number of carbonyl (C=O) groups is 5. The van der Waals surface area contributed by atoms with Gasteiger partial charge in [-0.05, 0) is 68.7 Å². The van der Waals surface area contributed by atoms with E-state index >= 15 is 0 Å². The van der Waals surface area contributed by atoms with Gasteiger partial charge in [-0.2, -0.15) is 0 Å². The molecular formula is C43H44Cl2N10O6S. The molecule has 19 heteroatoms. The van der Waals surface area contributed by atoms with Gasteiger partial charge in [0.1, 0.15) is 23.7 Å². The Balaban J connectivity index is 0.783. The maximum Gasteiger partial charge on any atom is 0.264 e. The Hall–Kier alpha value is -5.75. The minimum absolute atomic E-state index is 0.0344. The second kappa shape index (κ2) is 18.3. The number of piperazine rings is 1. The number of rotatable bonds is 12. The number of imide groups is 2. The van der Waals surface area contributed by atoms with Gasteiger partial charge in [0.15, 0.2) is 0 Å². The molecule has 0 spiro atoms. The number of carbonyl (C=O) groups excluding carboxylic acids is 5. The molecule has 2 aromatic carbocycles. The maximum absolute atomic E-state index is 13.4. The van der Waals surface area contributed by atoms with E-state index in [1.54, 1.807) is 36.5 Å². The summed E-state index contributed by atoms with van der Waals surface area (Å²) in [5, 5.41) is 15.4. The number of nitrogens with zero attached hydrogens (tertiary/aromatic N) is 6. The topological polar surface area (TPSA) is 207 Å². The van der Waals surface area contributed by atoms with Gasteiger partial charge in [0.05, 0.1) is 33.4 Å². The van der Waals surface area contributed by atoms with E-state index in [9.17, 15) is 24.0 Å². The minimum Gasteiger partial charge on any atom is -0.486 e. The van der Waals surface area contributed by atoms with Crippen molar-refractivity contribution < 1.29 is 28.7 Å². The fourth-order valence-electron chi connectivity index (χ4n) is 8.16. The Labute approximate surface area is 372 Å². The van der Waals surface area contributed by atoms with Gasteiger partial charge in [0.2, 0.25) is 17.7 Å². The van der Waals surface area contributed by atoms with Gasteiger partial charge in [-0.25, -0.2) is 9.29 Å². The van der Waals surface area contributed by atoms with Crippen molar-refractivity contribution in [3.63, 3.8) is 0 Å². The summed E-state index contributed by atoms with van der Waals surface area (Å²) >= 11 is 14.5. The molecule has 3 fully saturated rings. The predicted octanol–water partition coefficient (Wildman–Crippen LogP) is 5.20. The molecule has 62 heavy (non-hydrogen) atoms. The first-order valence-corrected chi connectivity index (χ1v) is 21.9. The molecular weight excluding hydrogens is 856 g/mol. The number of hydrogen-bond acceptors (Lipinski definition) is 14. The molecule has 0 aliphatic carbocycles. The largest absolute Gasteiger partial charge is 0.486 e. The van der Waals surface area contributed by atoms with Crippen molar-refractivity contribution in [1.82, 2.24) is 29.4 Å². The van der Waals surface area contributed by atoms with Crippen LogP contribution in [-0.2, 0) is 14.4 Å². The van der Waals surface area contributed by atoms with E-state index in [0.29, 0.717) is 62.2 Å². The molecule has 0 saturated carbocycles. The molecule has 8 rings (SSSR count). The molecule has 16 nitrogen and oxygen atoms in total. The summed E-state index contributed by atoms with van der Waals surface area (Å²) < 4.78 is 8.53. The zero-order valence-corrected chi connectivity index (χ0v) is 36.1. The monoisotopic (exact) mass is 898 g/mol. The normalized spacial score (nSPS) is 19.0. The van der Waals surface area contributed by atoms with E-state index in [4.69, 9.17) is 44.1 Å². The van der Waals surface area contributed by atoms with E-state index in [2.05, 4.69) is 24.8 Å². The maximum atomic E-state index is 13.4. The number of likely N-dealkylation sites (tertiary alicyclic amines) is 1. The lowest BCUT2D eigenvalue weighted by molar-refractivity contribution is -0.136. The van der Waals surface area contributed by atoms with Crippen molar-refractivity contribution in [1.29, 1.82) is 5.41 Å². The fourth-order valence-corrected chi connectivity index (χ4v) is 10.1. The second-order valence-corrected chi connectivity index (χ2v) is 17.6. The van der Waals surface area contributed by atoms with Crippen LogP contribution in [0.1, 0.15) is 76.1 Å². The van der Waals surface area contributed by atoms with Gasteiger partial charge in [0.25, 0.3) is 11.8 Å². The number of halogens is 2. The van der Waals surface area contributed by atoms with Crippen LogP contribution < -0.4 is 26.0 Å². The summed E-state index contributed by atoms with van der Waals surface area (Å²) in [4.78, 5) is 77.7. The SMILES string of the molecule is C[C@@H](Oc1ccc(N)c(C(=N)c2ccc(N3CCN(SC4CCN(C(=O)CNc5cccc6c5C(=O)N(C5CCC(=O)NC5=O)C6=O)CC4)CC3)nc2)c1)c1c(Cl)cncc1Cl. The van der Waals surface area contributed by atoms with E-state index < -0.39 is 35.8 Å². The summed E-state index contributed by atoms with van der Waals surface area (Å²) in [5.74, 6) is -1.09. The van der Waals surface area contributed by atoms with E-state index in [-0.39, 0.29) is 42.1 Å². The van der Waals surface area contributed by atoms with Crippen LogP contribution in [0.15, 0.2) is 67.1 Å². The smallest absolute Gasteiger partial charge is 0.264 e. The van der Waals surface area contributed by atoms with Crippen LogP contribution in [0.5, 0.6) is 5.75 Å². The Morgan fingerprint density at radius 3 is 2.40 bits per heavy atom. The zero-order valence-electron chi connectivity index (χ0n) is 33.7. The molecule has 5 N–H and O–H groups in total. The van der Waals surface area contributed by atoms with Crippen LogP contribution >= 0.6 is 35.1 Å². The Morgan fingerprint density at radius 1 is 0.968 bits per heavy atom. The van der Waals surface area contributed by atoms with Crippen molar-refractivity contribution in [3.8, 4) is 5.75 Å². The average Bonchev–Trinajstić information content (AvgIpc) is 3.52. The molecule has 5 amide bonds.